The van der Waals surface area contributed by atoms with Crippen LogP contribution in [0.2, 0.25) is 0 Å². The molecule has 158 valence electrons. The second-order valence-electron chi connectivity index (χ2n) is 7.08. The molecule has 1 aromatic heterocycles. The average molecular weight is 425 g/mol. The maximum Gasteiger partial charge on any atom is 0.234 e. The van der Waals surface area contributed by atoms with Crippen molar-refractivity contribution >= 4 is 23.4 Å². The molecular weight excluding hydrogens is 396 g/mol. The first-order valence-corrected chi connectivity index (χ1v) is 11.1. The summed E-state index contributed by atoms with van der Waals surface area (Å²) in [5.74, 6) is 1.76. The number of rotatable bonds is 9. The summed E-state index contributed by atoms with van der Waals surface area (Å²) in [5.41, 5.74) is 4.28. The van der Waals surface area contributed by atoms with E-state index in [4.69, 9.17) is 4.74 Å². The highest BCUT2D eigenvalue weighted by Gasteiger charge is 2.14. The van der Waals surface area contributed by atoms with Gasteiger partial charge in [0.1, 0.15) is 12.4 Å². The Morgan fingerprint density at radius 2 is 1.87 bits per heavy atom. The molecule has 3 aromatic rings. The minimum atomic E-state index is -0.0619. The van der Waals surface area contributed by atoms with E-state index in [9.17, 15) is 4.79 Å². The molecule has 0 radical (unpaired) electrons. The zero-order valence-electron chi connectivity index (χ0n) is 17.9. The van der Waals surface area contributed by atoms with Crippen molar-refractivity contribution in [1.29, 1.82) is 0 Å². The van der Waals surface area contributed by atoms with E-state index in [-0.39, 0.29) is 11.7 Å². The summed E-state index contributed by atoms with van der Waals surface area (Å²) in [4.78, 5) is 12.4. The number of ether oxygens (including phenoxy) is 1. The van der Waals surface area contributed by atoms with Crippen LogP contribution in [0.3, 0.4) is 0 Å². The maximum absolute atomic E-state index is 12.4. The van der Waals surface area contributed by atoms with E-state index in [1.165, 1.54) is 17.3 Å². The van der Waals surface area contributed by atoms with Gasteiger partial charge in [0.05, 0.1) is 5.75 Å². The van der Waals surface area contributed by atoms with Crippen molar-refractivity contribution in [1.82, 2.24) is 14.8 Å². The largest absolute Gasteiger partial charge is 0.486 e. The Kier molecular flexibility index (Phi) is 7.52. The van der Waals surface area contributed by atoms with Gasteiger partial charge in [-0.15, -0.1) is 10.2 Å². The van der Waals surface area contributed by atoms with Gasteiger partial charge in [-0.1, -0.05) is 43.0 Å². The van der Waals surface area contributed by atoms with Crippen molar-refractivity contribution in [2.45, 2.75) is 52.4 Å². The molecule has 0 bridgehead atoms. The molecule has 1 amide bonds. The zero-order valence-corrected chi connectivity index (χ0v) is 18.8. The second kappa shape index (κ2) is 10.3. The molecular formula is C23H28N4O2S. The minimum absolute atomic E-state index is 0.0619. The molecule has 0 unspecified atom stereocenters. The maximum atomic E-state index is 12.4. The van der Waals surface area contributed by atoms with Crippen LogP contribution in [0.25, 0.3) is 0 Å². The Bertz CT molecular complexity index is 999. The predicted molar refractivity (Wildman–Crippen MR) is 121 cm³/mol. The summed E-state index contributed by atoms with van der Waals surface area (Å²) in [5, 5.41) is 12.2. The van der Waals surface area contributed by atoms with Crippen LogP contribution in [0, 0.1) is 13.8 Å². The van der Waals surface area contributed by atoms with Crippen LogP contribution in [0.15, 0.2) is 47.6 Å². The van der Waals surface area contributed by atoms with Crippen molar-refractivity contribution in [3.05, 3.63) is 65.0 Å². The van der Waals surface area contributed by atoms with Crippen LogP contribution in [-0.2, 0) is 24.4 Å². The fourth-order valence-corrected chi connectivity index (χ4v) is 3.83. The SMILES string of the molecule is CCc1ccc(OCc2nnc(SCC(=O)Nc3cc(C)ccc3C)n2CC)cc1. The van der Waals surface area contributed by atoms with E-state index >= 15 is 0 Å². The van der Waals surface area contributed by atoms with E-state index < -0.39 is 0 Å². The number of thioether (sulfide) groups is 1. The first kappa shape index (κ1) is 21.9. The number of nitrogens with one attached hydrogen (secondary N) is 1. The van der Waals surface area contributed by atoms with Gasteiger partial charge in [0.25, 0.3) is 0 Å². The number of anilines is 1. The second-order valence-corrected chi connectivity index (χ2v) is 8.03. The lowest BCUT2D eigenvalue weighted by Crippen LogP contribution is -2.15. The third kappa shape index (κ3) is 5.63. The third-order valence-corrected chi connectivity index (χ3v) is 5.78. The Balaban J connectivity index is 1.58. The van der Waals surface area contributed by atoms with Crippen molar-refractivity contribution in [2.24, 2.45) is 0 Å². The molecule has 3 rings (SSSR count). The van der Waals surface area contributed by atoms with Gasteiger partial charge >= 0.3 is 0 Å². The van der Waals surface area contributed by atoms with Gasteiger partial charge in [-0.3, -0.25) is 4.79 Å². The highest BCUT2D eigenvalue weighted by molar-refractivity contribution is 7.99. The zero-order chi connectivity index (χ0) is 21.5. The summed E-state index contributed by atoms with van der Waals surface area (Å²) in [6.45, 7) is 9.19. The van der Waals surface area contributed by atoms with Crippen LogP contribution in [0.5, 0.6) is 5.75 Å². The van der Waals surface area contributed by atoms with E-state index in [1.807, 2.05) is 55.7 Å². The third-order valence-electron chi connectivity index (χ3n) is 4.81. The van der Waals surface area contributed by atoms with Gasteiger partial charge < -0.3 is 14.6 Å². The molecule has 0 spiro atoms. The summed E-state index contributed by atoms with van der Waals surface area (Å²) in [7, 11) is 0. The molecule has 0 atom stereocenters. The quantitative estimate of drug-likeness (QED) is 0.500. The summed E-state index contributed by atoms with van der Waals surface area (Å²) >= 11 is 1.38. The van der Waals surface area contributed by atoms with Crippen molar-refractivity contribution in [3.8, 4) is 5.75 Å². The van der Waals surface area contributed by atoms with E-state index in [0.717, 1.165) is 34.8 Å². The molecule has 1 N–H and O–H groups in total. The number of amides is 1. The number of aromatic nitrogens is 3. The van der Waals surface area contributed by atoms with Gasteiger partial charge in [0, 0.05) is 12.2 Å². The number of benzene rings is 2. The highest BCUT2D eigenvalue weighted by Crippen LogP contribution is 2.21. The smallest absolute Gasteiger partial charge is 0.234 e. The van der Waals surface area contributed by atoms with Gasteiger partial charge in [-0.2, -0.15) is 0 Å². The van der Waals surface area contributed by atoms with Crippen LogP contribution in [-0.4, -0.2) is 26.4 Å². The van der Waals surface area contributed by atoms with Crippen molar-refractivity contribution in [3.63, 3.8) is 0 Å². The Hall–Kier alpha value is -2.80. The fourth-order valence-electron chi connectivity index (χ4n) is 3.01. The van der Waals surface area contributed by atoms with Crippen LogP contribution in [0.1, 0.15) is 36.4 Å². The number of hydrogen-bond acceptors (Lipinski definition) is 5. The molecule has 0 aliphatic carbocycles. The normalized spacial score (nSPS) is 10.8. The standard InChI is InChI=1S/C23H28N4O2S/c1-5-18-9-11-19(12-10-18)29-14-21-25-26-23(27(21)6-2)30-15-22(28)24-20-13-16(3)7-8-17(20)4/h7-13H,5-6,14-15H2,1-4H3,(H,24,28). The molecule has 2 aromatic carbocycles. The molecule has 7 heteroatoms. The topological polar surface area (TPSA) is 69.0 Å². The molecule has 1 heterocycles. The summed E-state index contributed by atoms with van der Waals surface area (Å²) in [6, 6.07) is 14.1. The van der Waals surface area contributed by atoms with Gasteiger partial charge in [-0.05, 0) is 62.1 Å². The number of carbonyl (C=O) groups excluding carboxylic acids is 1. The van der Waals surface area contributed by atoms with Gasteiger partial charge in [-0.25, -0.2) is 0 Å². The number of nitrogens with zero attached hydrogens (tertiary/aromatic N) is 3. The summed E-state index contributed by atoms with van der Waals surface area (Å²) < 4.78 is 7.85. The van der Waals surface area contributed by atoms with E-state index in [0.29, 0.717) is 18.3 Å². The lowest BCUT2D eigenvalue weighted by atomic mass is 10.1. The lowest BCUT2D eigenvalue weighted by molar-refractivity contribution is -0.113. The average Bonchev–Trinajstić information content (AvgIpc) is 3.15. The minimum Gasteiger partial charge on any atom is -0.486 e. The number of carbonyl (C=O) groups is 1. The van der Waals surface area contributed by atoms with Gasteiger partial charge in [0.2, 0.25) is 5.91 Å². The first-order chi connectivity index (χ1) is 14.5. The molecule has 0 aliphatic heterocycles. The molecule has 0 saturated heterocycles. The fraction of sp³-hybridized carbons (Fsp3) is 0.348. The number of aryl methyl sites for hydroxylation is 3. The Morgan fingerprint density at radius 3 is 2.57 bits per heavy atom. The molecule has 0 aliphatic rings. The van der Waals surface area contributed by atoms with Crippen LogP contribution >= 0.6 is 11.8 Å². The summed E-state index contributed by atoms with van der Waals surface area (Å²) in [6.07, 6.45) is 1.00. The molecule has 30 heavy (non-hydrogen) atoms. The molecule has 6 nitrogen and oxygen atoms in total. The monoisotopic (exact) mass is 424 g/mol. The van der Waals surface area contributed by atoms with Crippen LogP contribution < -0.4 is 10.1 Å². The Morgan fingerprint density at radius 1 is 1.10 bits per heavy atom. The van der Waals surface area contributed by atoms with E-state index in [2.05, 4.69) is 34.6 Å². The first-order valence-electron chi connectivity index (χ1n) is 10.1. The van der Waals surface area contributed by atoms with Crippen molar-refractivity contribution in [2.75, 3.05) is 11.1 Å². The van der Waals surface area contributed by atoms with Crippen molar-refractivity contribution < 1.29 is 9.53 Å². The van der Waals surface area contributed by atoms with E-state index in [1.54, 1.807) is 0 Å². The van der Waals surface area contributed by atoms with Gasteiger partial charge in [0.15, 0.2) is 11.0 Å². The predicted octanol–water partition coefficient (Wildman–Crippen LogP) is 4.79. The van der Waals surface area contributed by atoms with Crippen LogP contribution in [0.4, 0.5) is 5.69 Å². The lowest BCUT2D eigenvalue weighted by Gasteiger charge is -2.10. The Labute approximate surface area is 182 Å². The molecule has 0 fully saturated rings. The molecule has 0 saturated carbocycles. The number of hydrogen-bond donors (Lipinski definition) is 1. The highest BCUT2D eigenvalue weighted by atomic mass is 32.2.